The van der Waals surface area contributed by atoms with Crippen LogP contribution in [-0.4, -0.2) is 58.1 Å². The van der Waals surface area contributed by atoms with Gasteiger partial charge < -0.3 is 20.3 Å². The highest BCUT2D eigenvalue weighted by atomic mass is 16.5. The van der Waals surface area contributed by atoms with Crippen molar-refractivity contribution in [2.75, 3.05) is 26.2 Å². The fourth-order valence-corrected chi connectivity index (χ4v) is 6.54. The molecule has 0 spiro atoms. The summed E-state index contributed by atoms with van der Waals surface area (Å²) in [6, 6.07) is 26.5. The maximum absolute atomic E-state index is 14.8. The Hall–Kier alpha value is -4.63. The van der Waals surface area contributed by atoms with Gasteiger partial charge in [0.15, 0.2) is 0 Å². The van der Waals surface area contributed by atoms with Crippen LogP contribution in [0.3, 0.4) is 0 Å². The van der Waals surface area contributed by atoms with Crippen molar-refractivity contribution in [2.45, 2.75) is 57.7 Å². The summed E-state index contributed by atoms with van der Waals surface area (Å²) in [5.41, 5.74) is 2.40. The normalized spacial score (nSPS) is 18.4. The highest BCUT2D eigenvalue weighted by Gasteiger charge is 2.36. The Morgan fingerprint density at radius 2 is 1.58 bits per heavy atom. The third-order valence-electron chi connectivity index (χ3n) is 8.77. The minimum atomic E-state index is -0.277. The Morgan fingerprint density at radius 3 is 2.31 bits per heavy atom. The number of carbonyl (C=O) groups excluding carboxylic acids is 2. The van der Waals surface area contributed by atoms with E-state index in [0.29, 0.717) is 49.7 Å². The van der Waals surface area contributed by atoms with Crippen molar-refractivity contribution in [3.63, 3.8) is 0 Å². The molecule has 234 valence electrons. The van der Waals surface area contributed by atoms with Gasteiger partial charge >= 0.3 is 5.69 Å². The smallest absolute Gasteiger partial charge is 0.329 e. The summed E-state index contributed by atoms with van der Waals surface area (Å²) < 4.78 is 9.55. The number of hydrogen-bond acceptors (Lipinski definition) is 5. The van der Waals surface area contributed by atoms with E-state index in [0.717, 1.165) is 42.6 Å². The van der Waals surface area contributed by atoms with Crippen LogP contribution in [-0.2, 0) is 11.3 Å². The number of aromatic nitrogens is 2. The van der Waals surface area contributed by atoms with E-state index in [4.69, 9.17) is 4.74 Å². The minimum Gasteiger partial charge on any atom is -0.457 e. The second kappa shape index (κ2) is 14.0. The van der Waals surface area contributed by atoms with E-state index in [1.807, 2.05) is 101 Å². The number of para-hydroxylation sites is 1. The molecular formula is C36H41N5O4. The molecule has 1 unspecified atom stereocenters. The molecule has 1 saturated heterocycles. The molecule has 1 aliphatic heterocycles. The predicted molar refractivity (Wildman–Crippen MR) is 175 cm³/mol. The Bertz CT molecular complexity index is 1670. The summed E-state index contributed by atoms with van der Waals surface area (Å²) in [4.78, 5) is 43.7. The van der Waals surface area contributed by atoms with Crippen molar-refractivity contribution in [2.24, 2.45) is 0 Å². The number of benzene rings is 3. The second-order valence-electron chi connectivity index (χ2n) is 11.8. The summed E-state index contributed by atoms with van der Waals surface area (Å²) >= 11 is 0. The molecule has 1 aromatic heterocycles. The van der Waals surface area contributed by atoms with E-state index < -0.39 is 0 Å². The lowest BCUT2D eigenvalue weighted by Crippen LogP contribution is -2.47. The van der Waals surface area contributed by atoms with Gasteiger partial charge in [-0.1, -0.05) is 80.4 Å². The summed E-state index contributed by atoms with van der Waals surface area (Å²) in [5.74, 6) is 1.18. The van der Waals surface area contributed by atoms with Gasteiger partial charge in [0.1, 0.15) is 17.2 Å². The van der Waals surface area contributed by atoms with Crippen LogP contribution in [0, 0.1) is 0 Å². The first kappa shape index (κ1) is 30.4. The van der Waals surface area contributed by atoms with Crippen LogP contribution >= 0.6 is 0 Å². The molecule has 2 atom stereocenters. The lowest BCUT2D eigenvalue weighted by atomic mass is 9.89. The van der Waals surface area contributed by atoms with E-state index in [1.54, 1.807) is 4.57 Å². The average molecular weight is 608 g/mol. The van der Waals surface area contributed by atoms with Crippen LogP contribution in [0.2, 0.25) is 0 Å². The molecule has 1 saturated carbocycles. The molecule has 4 aromatic rings. The Labute approximate surface area is 263 Å². The Kier molecular flexibility index (Phi) is 9.45. The number of nitrogens with one attached hydrogen (secondary N) is 2. The number of ether oxygens (including phenoxy) is 1. The van der Waals surface area contributed by atoms with Crippen molar-refractivity contribution in [1.29, 1.82) is 0 Å². The topological polar surface area (TPSA) is 97.6 Å². The Balaban J connectivity index is 1.50. The van der Waals surface area contributed by atoms with Crippen LogP contribution in [0.15, 0.2) is 89.7 Å². The fraction of sp³-hybridized carbons (Fsp3) is 0.361. The van der Waals surface area contributed by atoms with Crippen molar-refractivity contribution in [1.82, 2.24) is 24.7 Å². The molecule has 2 amide bonds. The zero-order valence-corrected chi connectivity index (χ0v) is 25.8. The predicted octanol–water partition coefficient (Wildman–Crippen LogP) is 5.21. The molecule has 0 bridgehead atoms. The number of hydrogen-bond donors (Lipinski definition) is 2. The molecule has 0 radical (unpaired) electrons. The maximum atomic E-state index is 14.8. The third-order valence-corrected chi connectivity index (χ3v) is 8.77. The first-order valence-electron chi connectivity index (χ1n) is 16.0. The fourth-order valence-electron chi connectivity index (χ4n) is 6.54. The van der Waals surface area contributed by atoms with Crippen LogP contribution in [0.1, 0.15) is 61.1 Å². The zero-order chi connectivity index (χ0) is 31.2. The number of piperazine rings is 1. The molecule has 2 fully saturated rings. The summed E-state index contributed by atoms with van der Waals surface area (Å²) in [6.45, 7) is 4.55. The molecule has 9 nitrogen and oxygen atoms in total. The molecule has 1 aliphatic carbocycles. The molecule has 45 heavy (non-hydrogen) atoms. The van der Waals surface area contributed by atoms with Gasteiger partial charge in [0, 0.05) is 44.2 Å². The Morgan fingerprint density at radius 1 is 0.889 bits per heavy atom. The number of carbonyl (C=O) groups is 2. The molecule has 2 heterocycles. The lowest BCUT2D eigenvalue weighted by molar-refractivity contribution is -0.122. The molecule has 2 N–H and O–H groups in total. The van der Waals surface area contributed by atoms with Crippen LogP contribution in [0.25, 0.3) is 11.3 Å². The van der Waals surface area contributed by atoms with Crippen molar-refractivity contribution in [3.8, 4) is 22.8 Å². The number of nitrogens with zero attached hydrogens (tertiary/aromatic N) is 3. The summed E-state index contributed by atoms with van der Waals surface area (Å²) in [6.07, 6.45) is 3.80. The number of amides is 2. The van der Waals surface area contributed by atoms with Gasteiger partial charge in [-0.25, -0.2) is 4.79 Å². The van der Waals surface area contributed by atoms with Gasteiger partial charge in [-0.3, -0.25) is 18.7 Å². The van der Waals surface area contributed by atoms with Gasteiger partial charge in [-0.05, 0) is 42.7 Å². The summed E-state index contributed by atoms with van der Waals surface area (Å²) in [5, 5.41) is 6.52. The quantitative estimate of drug-likeness (QED) is 0.272. The molecular weight excluding hydrogens is 566 g/mol. The van der Waals surface area contributed by atoms with Crippen LogP contribution < -0.4 is 21.1 Å². The SMILES string of the molecule is CCC(=O)N[C@H]1CCCCC1n1c(-c2ccccc2)c(C(=O)N2CCNCC2)n(Cc2cccc(Oc3ccccc3)c2)c1=O. The van der Waals surface area contributed by atoms with Gasteiger partial charge in [0.2, 0.25) is 5.91 Å². The monoisotopic (exact) mass is 607 g/mol. The lowest BCUT2D eigenvalue weighted by Gasteiger charge is -2.34. The van der Waals surface area contributed by atoms with Crippen LogP contribution in [0.4, 0.5) is 0 Å². The van der Waals surface area contributed by atoms with Gasteiger partial charge in [0.05, 0.1) is 18.3 Å². The summed E-state index contributed by atoms with van der Waals surface area (Å²) in [7, 11) is 0. The van der Waals surface area contributed by atoms with Crippen molar-refractivity contribution < 1.29 is 14.3 Å². The third kappa shape index (κ3) is 6.73. The van der Waals surface area contributed by atoms with Crippen LogP contribution in [0.5, 0.6) is 11.5 Å². The molecule has 9 heteroatoms. The van der Waals surface area contributed by atoms with E-state index in [-0.39, 0.29) is 36.1 Å². The average Bonchev–Trinajstić information content (AvgIpc) is 3.37. The number of imidazole rings is 1. The number of rotatable bonds is 9. The molecule has 2 aliphatic rings. The van der Waals surface area contributed by atoms with E-state index >= 15 is 0 Å². The standard InChI is InChI=1S/C36H41N5O4/c1-2-32(42)38-30-18-9-10-19-31(30)41-33(27-13-5-3-6-14-27)34(35(43)39-22-20-37-21-23-39)40(36(41)44)25-26-12-11-17-29(24-26)45-28-15-7-4-8-16-28/h3-8,11-17,24,30-31,37H,2,9-10,18-23,25H2,1H3,(H,38,42)/t30-,31?/m0/s1. The highest BCUT2D eigenvalue weighted by Crippen LogP contribution is 2.35. The minimum absolute atomic E-state index is 0.0343. The van der Waals surface area contributed by atoms with E-state index in [9.17, 15) is 14.4 Å². The van der Waals surface area contributed by atoms with Crippen molar-refractivity contribution >= 4 is 11.8 Å². The highest BCUT2D eigenvalue weighted by molar-refractivity contribution is 5.99. The van der Waals surface area contributed by atoms with Gasteiger partial charge in [-0.15, -0.1) is 0 Å². The van der Waals surface area contributed by atoms with Gasteiger partial charge in [-0.2, -0.15) is 0 Å². The maximum Gasteiger partial charge on any atom is 0.329 e. The zero-order valence-electron chi connectivity index (χ0n) is 25.8. The first-order chi connectivity index (χ1) is 22.0. The largest absolute Gasteiger partial charge is 0.457 e. The van der Waals surface area contributed by atoms with E-state index in [1.165, 1.54) is 0 Å². The van der Waals surface area contributed by atoms with Crippen molar-refractivity contribution in [3.05, 3.63) is 107 Å². The second-order valence-corrected chi connectivity index (χ2v) is 11.8. The van der Waals surface area contributed by atoms with Gasteiger partial charge in [0.25, 0.3) is 5.91 Å². The molecule has 3 aromatic carbocycles. The molecule has 6 rings (SSSR count). The first-order valence-corrected chi connectivity index (χ1v) is 16.0. The van der Waals surface area contributed by atoms with E-state index in [2.05, 4.69) is 10.6 Å².